The number of carbonyl (C=O) groups is 4. The molecule has 1 unspecified atom stereocenters. The molecule has 2 aliphatic heterocycles. The minimum absolute atomic E-state index is 0.0270. The van der Waals surface area contributed by atoms with Crippen LogP contribution in [0.25, 0.3) is 10.8 Å². The predicted molar refractivity (Wildman–Crippen MR) is 110 cm³/mol. The maximum Gasteiger partial charge on any atom is 0.266 e. The van der Waals surface area contributed by atoms with Gasteiger partial charge in [-0.2, -0.15) is 0 Å². The molecule has 1 atom stereocenters. The van der Waals surface area contributed by atoms with E-state index in [0.29, 0.717) is 10.8 Å². The number of piperidine rings is 1. The van der Waals surface area contributed by atoms with Gasteiger partial charge in [0.25, 0.3) is 17.7 Å². The molecule has 4 amide bonds. The second-order valence-electron chi connectivity index (χ2n) is 7.43. The lowest BCUT2D eigenvalue weighted by atomic mass is 10.0. The minimum Gasteiger partial charge on any atom is -0.456 e. The number of benzene rings is 3. The lowest BCUT2D eigenvalue weighted by molar-refractivity contribution is -0.151. The van der Waals surface area contributed by atoms with Crippen LogP contribution in [0, 0.1) is 0 Å². The third kappa shape index (κ3) is 2.96. The first-order valence-electron chi connectivity index (χ1n) is 9.75. The lowest BCUT2D eigenvalue weighted by Crippen LogP contribution is -2.58. The number of amides is 4. The second kappa shape index (κ2) is 7.03. The van der Waals surface area contributed by atoms with E-state index in [2.05, 4.69) is 0 Å². The summed E-state index contributed by atoms with van der Waals surface area (Å²) in [6.45, 7) is 0. The molecule has 2 heterocycles. The summed E-state index contributed by atoms with van der Waals surface area (Å²) in [5.74, 6) is 3.68. The molecule has 1 saturated heterocycles. The van der Waals surface area contributed by atoms with Crippen LogP contribution in [-0.2, 0) is 9.59 Å². The zero-order valence-corrected chi connectivity index (χ0v) is 16.3. The number of carbonyl (C=O) groups excluding carboxylic acids is 4. The number of hydrogen-bond donors (Lipinski definition) is 1. The van der Waals surface area contributed by atoms with Crippen molar-refractivity contribution in [1.29, 1.82) is 0 Å². The van der Waals surface area contributed by atoms with Crippen LogP contribution in [0.1, 0.15) is 33.6 Å². The van der Waals surface area contributed by atoms with Crippen LogP contribution in [0.2, 0.25) is 0 Å². The summed E-state index contributed by atoms with van der Waals surface area (Å²) in [6.07, 6.45) is 0.0124. The number of hydrogen-bond acceptors (Lipinski definition) is 6. The average Bonchev–Trinajstić information content (AvgIpc) is 3.03. The number of hydrazine groups is 1. The Kier molecular flexibility index (Phi) is 4.30. The van der Waals surface area contributed by atoms with Crippen LogP contribution in [0.3, 0.4) is 0 Å². The number of nitrogens with two attached hydrogens (primary N) is 1. The Morgan fingerprint density at radius 2 is 1.65 bits per heavy atom. The molecule has 0 spiro atoms. The van der Waals surface area contributed by atoms with Gasteiger partial charge < -0.3 is 4.74 Å². The Morgan fingerprint density at radius 3 is 2.45 bits per heavy atom. The van der Waals surface area contributed by atoms with Gasteiger partial charge in [0, 0.05) is 6.42 Å². The van der Waals surface area contributed by atoms with Crippen LogP contribution in [0.15, 0.2) is 60.7 Å². The van der Waals surface area contributed by atoms with Crippen molar-refractivity contribution < 1.29 is 23.9 Å². The summed E-state index contributed by atoms with van der Waals surface area (Å²) in [5, 5.41) is 2.49. The van der Waals surface area contributed by atoms with Crippen LogP contribution in [0.5, 0.6) is 11.5 Å². The highest BCUT2D eigenvalue weighted by Crippen LogP contribution is 2.36. The summed E-state index contributed by atoms with van der Waals surface area (Å²) in [4.78, 5) is 51.2. The van der Waals surface area contributed by atoms with Gasteiger partial charge in [-0.3, -0.25) is 24.1 Å². The zero-order valence-electron chi connectivity index (χ0n) is 16.3. The van der Waals surface area contributed by atoms with E-state index in [1.807, 2.05) is 36.4 Å². The fourth-order valence-corrected chi connectivity index (χ4v) is 4.03. The normalized spacial score (nSPS) is 18.7. The first-order chi connectivity index (χ1) is 15.0. The van der Waals surface area contributed by atoms with Gasteiger partial charge in [0.15, 0.2) is 0 Å². The van der Waals surface area contributed by atoms with E-state index in [9.17, 15) is 19.2 Å². The largest absolute Gasteiger partial charge is 0.456 e. The van der Waals surface area contributed by atoms with Crippen molar-refractivity contribution in [3.8, 4) is 11.5 Å². The Labute approximate surface area is 176 Å². The van der Waals surface area contributed by atoms with E-state index >= 15 is 0 Å². The summed E-state index contributed by atoms with van der Waals surface area (Å²) >= 11 is 0. The molecular weight excluding hydrogens is 398 g/mol. The molecule has 2 aliphatic rings. The zero-order chi connectivity index (χ0) is 21.7. The Morgan fingerprint density at radius 1 is 0.871 bits per heavy atom. The molecule has 0 saturated carbocycles. The molecule has 3 aromatic carbocycles. The molecule has 8 nitrogen and oxygen atoms in total. The van der Waals surface area contributed by atoms with Gasteiger partial charge in [0.2, 0.25) is 5.91 Å². The summed E-state index contributed by atoms with van der Waals surface area (Å²) < 4.78 is 5.97. The average molecular weight is 415 g/mol. The molecule has 1 fully saturated rings. The molecule has 0 aromatic heterocycles. The van der Waals surface area contributed by atoms with E-state index in [1.54, 1.807) is 18.2 Å². The highest BCUT2D eigenvalue weighted by atomic mass is 16.5. The standard InChI is InChI=1S/C23H17N3O5/c24-26-19(27)11-10-17(22(26)29)25-21(28)16-6-3-7-18(20(16)23(25)30)31-15-9-8-13-4-1-2-5-14(13)12-15/h1-9,12,17H,10-11,24H2. The molecule has 0 radical (unpaired) electrons. The quantitative estimate of drug-likeness (QED) is 0.400. The van der Waals surface area contributed by atoms with Crippen LogP contribution in [-0.4, -0.2) is 39.6 Å². The Bertz CT molecular complexity index is 1290. The number of fused-ring (bicyclic) bond motifs is 2. The molecule has 0 bridgehead atoms. The third-order valence-corrected chi connectivity index (χ3v) is 5.59. The highest BCUT2D eigenvalue weighted by Gasteiger charge is 2.47. The van der Waals surface area contributed by atoms with E-state index in [0.717, 1.165) is 15.7 Å². The molecule has 0 aliphatic carbocycles. The highest BCUT2D eigenvalue weighted by molar-refractivity contribution is 6.24. The van der Waals surface area contributed by atoms with Crippen molar-refractivity contribution in [2.45, 2.75) is 18.9 Å². The maximum atomic E-state index is 13.2. The molecule has 8 heteroatoms. The van der Waals surface area contributed by atoms with Crippen molar-refractivity contribution in [1.82, 2.24) is 9.91 Å². The topological polar surface area (TPSA) is 110 Å². The van der Waals surface area contributed by atoms with E-state index in [1.165, 1.54) is 6.07 Å². The predicted octanol–water partition coefficient (Wildman–Crippen LogP) is 2.62. The molecule has 2 N–H and O–H groups in total. The van der Waals surface area contributed by atoms with Gasteiger partial charge >= 0.3 is 0 Å². The van der Waals surface area contributed by atoms with Gasteiger partial charge in [-0.25, -0.2) is 10.9 Å². The summed E-state index contributed by atoms with van der Waals surface area (Å²) in [5.41, 5.74) is 0.241. The fourth-order valence-electron chi connectivity index (χ4n) is 4.03. The molecular formula is C23H17N3O5. The van der Waals surface area contributed by atoms with Gasteiger partial charge in [-0.15, -0.1) is 0 Å². The van der Waals surface area contributed by atoms with Crippen LogP contribution >= 0.6 is 0 Å². The Hall–Kier alpha value is -4.04. The van der Waals surface area contributed by atoms with Crippen LogP contribution in [0.4, 0.5) is 0 Å². The molecule has 5 rings (SSSR count). The van der Waals surface area contributed by atoms with E-state index in [-0.39, 0.29) is 29.7 Å². The maximum absolute atomic E-state index is 13.2. The van der Waals surface area contributed by atoms with Crippen molar-refractivity contribution in [2.75, 3.05) is 0 Å². The van der Waals surface area contributed by atoms with Crippen molar-refractivity contribution in [2.24, 2.45) is 5.84 Å². The SMILES string of the molecule is NN1C(=O)CCC(N2C(=O)c3cccc(Oc4ccc5ccccc5c4)c3C2=O)C1=O. The number of ether oxygens (including phenoxy) is 1. The van der Waals surface area contributed by atoms with Gasteiger partial charge in [-0.1, -0.05) is 36.4 Å². The third-order valence-electron chi connectivity index (χ3n) is 5.59. The monoisotopic (exact) mass is 415 g/mol. The second-order valence-corrected chi connectivity index (χ2v) is 7.43. The van der Waals surface area contributed by atoms with Gasteiger partial charge in [0.1, 0.15) is 17.5 Å². The van der Waals surface area contributed by atoms with Gasteiger partial charge in [-0.05, 0) is 41.5 Å². The summed E-state index contributed by atoms with van der Waals surface area (Å²) in [6, 6.07) is 16.9. The minimum atomic E-state index is -1.12. The van der Waals surface area contributed by atoms with Crippen LogP contribution < -0.4 is 10.6 Å². The molecule has 154 valence electrons. The number of rotatable bonds is 3. The molecule has 3 aromatic rings. The fraction of sp³-hybridized carbons (Fsp3) is 0.130. The first-order valence-corrected chi connectivity index (χ1v) is 9.75. The van der Waals surface area contributed by atoms with Crippen molar-refractivity contribution in [3.63, 3.8) is 0 Å². The van der Waals surface area contributed by atoms with E-state index in [4.69, 9.17) is 10.6 Å². The first kappa shape index (κ1) is 19.0. The van der Waals surface area contributed by atoms with E-state index < -0.39 is 29.7 Å². The summed E-state index contributed by atoms with van der Waals surface area (Å²) in [7, 11) is 0. The van der Waals surface area contributed by atoms with Crippen molar-refractivity contribution in [3.05, 3.63) is 71.8 Å². The Balaban J connectivity index is 1.50. The van der Waals surface area contributed by atoms with Gasteiger partial charge in [0.05, 0.1) is 11.1 Å². The number of imide groups is 2. The number of nitrogens with zero attached hydrogens (tertiary/aromatic N) is 2. The molecule has 31 heavy (non-hydrogen) atoms. The van der Waals surface area contributed by atoms with Crippen molar-refractivity contribution >= 4 is 34.4 Å². The lowest BCUT2D eigenvalue weighted by Gasteiger charge is -2.31. The smallest absolute Gasteiger partial charge is 0.266 e.